The van der Waals surface area contributed by atoms with Gasteiger partial charge in [-0.3, -0.25) is 0 Å². The van der Waals surface area contributed by atoms with E-state index in [-0.39, 0.29) is 0 Å². The summed E-state index contributed by atoms with van der Waals surface area (Å²) in [6, 6.07) is 7.19. The van der Waals surface area contributed by atoms with Crippen LogP contribution in [0.15, 0.2) is 34.2 Å². The molecule has 7 heteroatoms. The molecule has 4 nitrogen and oxygen atoms in total. The highest BCUT2D eigenvalue weighted by atomic mass is 35.5. The second-order valence-corrected chi connectivity index (χ2v) is 5.37. The molecule has 3 N–H and O–H groups in total. The summed E-state index contributed by atoms with van der Waals surface area (Å²) in [7, 11) is 0. The molecule has 94 valence electrons. The van der Waals surface area contributed by atoms with Gasteiger partial charge in [0.1, 0.15) is 16.7 Å². The average molecular weight is 301 g/mol. The van der Waals surface area contributed by atoms with Crippen LogP contribution in [0.5, 0.6) is 0 Å². The average Bonchev–Trinajstić information content (AvgIpc) is 2.33. The molecule has 1 aromatic carbocycles. The zero-order valence-electron chi connectivity index (χ0n) is 9.45. The summed E-state index contributed by atoms with van der Waals surface area (Å²) in [5.41, 5.74) is 2.50. The van der Waals surface area contributed by atoms with Crippen LogP contribution in [0.3, 0.4) is 0 Å². The van der Waals surface area contributed by atoms with E-state index in [2.05, 4.69) is 15.4 Å². The molecule has 0 aliphatic carbocycles. The molecule has 2 aromatic rings. The second-order valence-electron chi connectivity index (χ2n) is 3.46. The lowest BCUT2D eigenvalue weighted by molar-refractivity contribution is 0.964. The lowest BCUT2D eigenvalue weighted by Gasteiger charge is -2.05. The number of aromatic nitrogens is 2. The molecule has 1 aromatic heterocycles. The molecular formula is C11H10Cl2N4S. The van der Waals surface area contributed by atoms with E-state index in [1.54, 1.807) is 25.1 Å². The first-order chi connectivity index (χ1) is 8.58. The molecule has 0 atom stereocenters. The van der Waals surface area contributed by atoms with Crippen molar-refractivity contribution in [1.29, 1.82) is 0 Å². The van der Waals surface area contributed by atoms with E-state index in [9.17, 15) is 0 Å². The van der Waals surface area contributed by atoms with Gasteiger partial charge in [0.15, 0.2) is 0 Å². The molecule has 2 rings (SSSR count). The van der Waals surface area contributed by atoms with E-state index >= 15 is 0 Å². The van der Waals surface area contributed by atoms with Gasteiger partial charge in [0.2, 0.25) is 0 Å². The highest BCUT2D eigenvalue weighted by Crippen LogP contribution is 2.32. The zero-order valence-corrected chi connectivity index (χ0v) is 11.8. The maximum Gasteiger partial charge on any atom is 0.144 e. The minimum Gasteiger partial charge on any atom is -0.308 e. The van der Waals surface area contributed by atoms with E-state index in [0.717, 1.165) is 9.92 Å². The predicted molar refractivity (Wildman–Crippen MR) is 75.2 cm³/mol. The molecule has 0 aliphatic rings. The van der Waals surface area contributed by atoms with Crippen LogP contribution in [0.25, 0.3) is 0 Å². The van der Waals surface area contributed by atoms with E-state index in [1.165, 1.54) is 11.8 Å². The molecule has 0 amide bonds. The summed E-state index contributed by atoms with van der Waals surface area (Å²) in [6.45, 7) is 1.81. The van der Waals surface area contributed by atoms with Crippen LogP contribution in [0.1, 0.15) is 5.82 Å². The van der Waals surface area contributed by atoms with E-state index in [4.69, 9.17) is 29.0 Å². The normalized spacial score (nSPS) is 10.4. The SMILES string of the molecule is Cc1nc(NN)cc(Sc2ccc(Cl)c(Cl)c2)n1. The van der Waals surface area contributed by atoms with E-state index < -0.39 is 0 Å². The fourth-order valence-electron chi connectivity index (χ4n) is 1.33. The molecule has 0 radical (unpaired) electrons. The van der Waals surface area contributed by atoms with Crippen LogP contribution in [-0.4, -0.2) is 9.97 Å². The van der Waals surface area contributed by atoms with Gasteiger partial charge in [-0.25, -0.2) is 15.8 Å². The van der Waals surface area contributed by atoms with Gasteiger partial charge >= 0.3 is 0 Å². The number of rotatable bonds is 3. The van der Waals surface area contributed by atoms with Crippen molar-refractivity contribution >= 4 is 40.8 Å². The molecule has 0 saturated heterocycles. The smallest absolute Gasteiger partial charge is 0.144 e. The molecule has 0 aliphatic heterocycles. The van der Waals surface area contributed by atoms with Crippen LogP contribution in [-0.2, 0) is 0 Å². The molecule has 0 unspecified atom stereocenters. The Balaban J connectivity index is 2.27. The van der Waals surface area contributed by atoms with Crippen molar-refractivity contribution in [2.45, 2.75) is 16.8 Å². The number of halogens is 2. The number of anilines is 1. The Morgan fingerprint density at radius 3 is 2.61 bits per heavy atom. The van der Waals surface area contributed by atoms with Gasteiger partial charge in [0, 0.05) is 11.0 Å². The third-order valence-corrected chi connectivity index (χ3v) is 3.72. The lowest BCUT2D eigenvalue weighted by atomic mass is 10.4. The van der Waals surface area contributed by atoms with Gasteiger partial charge in [-0.15, -0.1) is 0 Å². The molecule has 0 spiro atoms. The van der Waals surface area contributed by atoms with Gasteiger partial charge in [-0.05, 0) is 25.1 Å². The fraction of sp³-hybridized carbons (Fsp3) is 0.0909. The number of nitrogen functional groups attached to an aromatic ring is 1. The van der Waals surface area contributed by atoms with Crippen molar-refractivity contribution in [1.82, 2.24) is 9.97 Å². The highest BCUT2D eigenvalue weighted by molar-refractivity contribution is 7.99. The first kappa shape index (κ1) is 13.4. The Morgan fingerprint density at radius 2 is 1.94 bits per heavy atom. The second kappa shape index (κ2) is 5.75. The summed E-state index contributed by atoms with van der Waals surface area (Å²) in [4.78, 5) is 9.38. The van der Waals surface area contributed by atoms with Gasteiger partial charge in [-0.2, -0.15) is 0 Å². The Labute approximate surface area is 119 Å². The molecular weight excluding hydrogens is 291 g/mol. The summed E-state index contributed by atoms with van der Waals surface area (Å²) in [5, 5.41) is 1.84. The van der Waals surface area contributed by atoms with Crippen molar-refractivity contribution in [3.05, 3.63) is 40.1 Å². The van der Waals surface area contributed by atoms with Gasteiger partial charge in [-0.1, -0.05) is 35.0 Å². The van der Waals surface area contributed by atoms with Crippen molar-refractivity contribution in [2.24, 2.45) is 5.84 Å². The van der Waals surface area contributed by atoms with Gasteiger partial charge in [0.25, 0.3) is 0 Å². The maximum atomic E-state index is 5.96. The molecule has 0 fully saturated rings. The Hall–Kier alpha value is -1.01. The number of hydrazine groups is 1. The topological polar surface area (TPSA) is 63.8 Å². The van der Waals surface area contributed by atoms with Crippen LogP contribution in [0.2, 0.25) is 10.0 Å². The molecule has 0 saturated carbocycles. The Morgan fingerprint density at radius 1 is 1.17 bits per heavy atom. The zero-order chi connectivity index (χ0) is 13.1. The van der Waals surface area contributed by atoms with Gasteiger partial charge < -0.3 is 5.43 Å². The third-order valence-electron chi connectivity index (χ3n) is 2.08. The van der Waals surface area contributed by atoms with Crippen LogP contribution < -0.4 is 11.3 Å². The predicted octanol–water partition coefficient (Wildman–Crippen LogP) is 3.53. The molecule has 1 heterocycles. The van der Waals surface area contributed by atoms with E-state index in [1.807, 2.05) is 6.07 Å². The number of hydrogen-bond donors (Lipinski definition) is 2. The quantitative estimate of drug-likeness (QED) is 0.516. The first-order valence-corrected chi connectivity index (χ1v) is 6.61. The Bertz CT molecular complexity index is 577. The summed E-state index contributed by atoms with van der Waals surface area (Å²) < 4.78 is 0. The number of aryl methyl sites for hydroxylation is 1. The fourth-order valence-corrected chi connectivity index (χ4v) is 2.59. The number of hydrogen-bond acceptors (Lipinski definition) is 5. The summed E-state index contributed by atoms with van der Waals surface area (Å²) in [5.74, 6) is 6.56. The monoisotopic (exact) mass is 300 g/mol. The van der Waals surface area contributed by atoms with Crippen LogP contribution in [0.4, 0.5) is 5.82 Å². The van der Waals surface area contributed by atoms with E-state index in [0.29, 0.717) is 21.7 Å². The van der Waals surface area contributed by atoms with Crippen LogP contribution >= 0.6 is 35.0 Å². The maximum absolute atomic E-state index is 5.96. The van der Waals surface area contributed by atoms with Crippen molar-refractivity contribution in [2.75, 3.05) is 5.43 Å². The summed E-state index contributed by atoms with van der Waals surface area (Å²) >= 11 is 13.3. The molecule has 18 heavy (non-hydrogen) atoms. The number of nitrogens with zero attached hydrogens (tertiary/aromatic N) is 2. The minimum atomic E-state index is 0.518. The van der Waals surface area contributed by atoms with Crippen LogP contribution in [0, 0.1) is 6.92 Å². The van der Waals surface area contributed by atoms with Gasteiger partial charge in [0.05, 0.1) is 10.0 Å². The van der Waals surface area contributed by atoms with Crippen molar-refractivity contribution in [3.8, 4) is 0 Å². The van der Waals surface area contributed by atoms with Crippen molar-refractivity contribution in [3.63, 3.8) is 0 Å². The standard InChI is InChI=1S/C11H10Cl2N4S/c1-6-15-10(17-14)5-11(16-6)18-7-2-3-8(12)9(13)4-7/h2-5H,14H2,1H3,(H,15,16,17). The number of nitrogens with one attached hydrogen (secondary N) is 1. The highest BCUT2D eigenvalue weighted by Gasteiger charge is 2.05. The minimum absolute atomic E-state index is 0.518. The number of nitrogens with two attached hydrogens (primary N) is 1. The third kappa shape index (κ3) is 3.26. The summed E-state index contributed by atoms with van der Waals surface area (Å²) in [6.07, 6.45) is 0. The first-order valence-electron chi connectivity index (χ1n) is 5.03. The Kier molecular flexibility index (Phi) is 4.29. The van der Waals surface area contributed by atoms with Crippen molar-refractivity contribution < 1.29 is 0 Å². The largest absolute Gasteiger partial charge is 0.308 e. The number of benzene rings is 1. The molecule has 0 bridgehead atoms. The lowest BCUT2D eigenvalue weighted by Crippen LogP contribution is -2.09.